The van der Waals surface area contributed by atoms with Gasteiger partial charge in [0.15, 0.2) is 0 Å². The molecule has 0 saturated carbocycles. The number of hydrogen-bond donors (Lipinski definition) is 1. The lowest BCUT2D eigenvalue weighted by molar-refractivity contribution is -0.120. The van der Waals surface area contributed by atoms with Gasteiger partial charge in [0.25, 0.3) is 0 Å². The molecule has 0 radical (unpaired) electrons. The van der Waals surface area contributed by atoms with Crippen LogP contribution in [0, 0.1) is 13.8 Å². The van der Waals surface area contributed by atoms with Crippen molar-refractivity contribution in [2.24, 2.45) is 0 Å². The van der Waals surface area contributed by atoms with E-state index in [9.17, 15) is 4.79 Å². The molecule has 1 aromatic heterocycles. The summed E-state index contributed by atoms with van der Waals surface area (Å²) >= 11 is 0. The molecule has 1 unspecified atom stereocenters. The molecule has 2 heterocycles. The van der Waals surface area contributed by atoms with Crippen LogP contribution < -0.4 is 5.32 Å². The number of rotatable bonds is 7. The molecule has 2 aromatic carbocycles. The topological polar surface area (TPSA) is 50.2 Å². The van der Waals surface area contributed by atoms with E-state index in [1.807, 2.05) is 48.9 Å². The number of para-hydroxylation sites is 1. The minimum atomic E-state index is 0.0324. The van der Waals surface area contributed by atoms with Crippen molar-refractivity contribution >= 4 is 5.91 Å². The van der Waals surface area contributed by atoms with E-state index in [2.05, 4.69) is 46.5 Å². The molecule has 1 saturated heterocycles. The maximum absolute atomic E-state index is 12.8. The molecular formula is C27H34N4O. The summed E-state index contributed by atoms with van der Waals surface area (Å²) in [5.74, 6) is 0.0324. The first kappa shape index (κ1) is 22.3. The highest BCUT2D eigenvalue weighted by Crippen LogP contribution is 2.21. The first-order valence-electron chi connectivity index (χ1n) is 11.7. The third-order valence-corrected chi connectivity index (χ3v) is 6.69. The Hall–Kier alpha value is -2.92. The van der Waals surface area contributed by atoms with Gasteiger partial charge in [0.05, 0.1) is 17.8 Å². The molecule has 0 aliphatic carbocycles. The number of hydrogen-bond acceptors (Lipinski definition) is 3. The number of likely N-dealkylation sites (tertiary alicyclic amines) is 1. The molecule has 5 nitrogen and oxygen atoms in total. The number of aromatic nitrogens is 2. The quantitative estimate of drug-likeness (QED) is 0.590. The van der Waals surface area contributed by atoms with E-state index in [0.717, 1.165) is 35.7 Å². The third kappa shape index (κ3) is 5.10. The van der Waals surface area contributed by atoms with E-state index in [4.69, 9.17) is 0 Å². The normalized spacial score (nSPS) is 16.8. The predicted molar refractivity (Wildman–Crippen MR) is 129 cm³/mol. The van der Waals surface area contributed by atoms with Crippen molar-refractivity contribution < 1.29 is 4.79 Å². The third-order valence-electron chi connectivity index (χ3n) is 6.69. The second-order valence-corrected chi connectivity index (χ2v) is 8.93. The van der Waals surface area contributed by atoms with Crippen molar-refractivity contribution in [2.45, 2.75) is 65.6 Å². The number of nitrogens with zero attached hydrogens (tertiary/aromatic N) is 3. The fourth-order valence-corrected chi connectivity index (χ4v) is 4.66. The Morgan fingerprint density at radius 2 is 1.75 bits per heavy atom. The number of nitrogens with one attached hydrogen (secondary N) is 1. The lowest BCUT2D eigenvalue weighted by Crippen LogP contribution is -2.37. The van der Waals surface area contributed by atoms with Gasteiger partial charge in [0.1, 0.15) is 0 Å². The van der Waals surface area contributed by atoms with E-state index in [1.54, 1.807) is 0 Å². The zero-order valence-electron chi connectivity index (χ0n) is 19.5. The van der Waals surface area contributed by atoms with Crippen molar-refractivity contribution in [3.05, 3.63) is 82.7 Å². The van der Waals surface area contributed by atoms with Crippen molar-refractivity contribution in [3.8, 4) is 5.69 Å². The fourth-order valence-electron chi connectivity index (χ4n) is 4.66. The van der Waals surface area contributed by atoms with Crippen LogP contribution in [-0.4, -0.2) is 33.2 Å². The monoisotopic (exact) mass is 430 g/mol. The summed E-state index contributed by atoms with van der Waals surface area (Å²) in [6.07, 6.45) is 4.22. The molecule has 1 fully saturated rings. The second kappa shape index (κ2) is 10.1. The van der Waals surface area contributed by atoms with Crippen LogP contribution in [0.4, 0.5) is 0 Å². The molecule has 1 N–H and O–H groups in total. The zero-order valence-corrected chi connectivity index (χ0v) is 19.5. The summed E-state index contributed by atoms with van der Waals surface area (Å²) in [6.45, 7) is 9.00. The van der Waals surface area contributed by atoms with Crippen LogP contribution in [0.15, 0.2) is 54.6 Å². The van der Waals surface area contributed by atoms with Crippen LogP contribution in [0.3, 0.4) is 0 Å². The van der Waals surface area contributed by atoms with Crippen LogP contribution in [0.25, 0.3) is 5.69 Å². The Bertz CT molecular complexity index is 1060. The Morgan fingerprint density at radius 1 is 1.03 bits per heavy atom. The van der Waals surface area contributed by atoms with Crippen LogP contribution in [0.5, 0.6) is 0 Å². The molecule has 1 amide bonds. The lowest BCUT2D eigenvalue weighted by atomic mass is 10.0. The maximum Gasteiger partial charge on any atom is 0.224 e. The summed E-state index contributed by atoms with van der Waals surface area (Å²) in [6, 6.07) is 19.2. The first-order valence-corrected chi connectivity index (χ1v) is 11.7. The van der Waals surface area contributed by atoms with Gasteiger partial charge in [-0.25, -0.2) is 4.68 Å². The molecule has 0 bridgehead atoms. The first-order chi connectivity index (χ1) is 15.5. The Labute approximate surface area is 191 Å². The van der Waals surface area contributed by atoms with E-state index < -0.39 is 0 Å². The summed E-state index contributed by atoms with van der Waals surface area (Å²) < 4.78 is 1.92. The molecule has 5 heteroatoms. The summed E-state index contributed by atoms with van der Waals surface area (Å²) in [5, 5.41) is 7.81. The number of aryl methyl sites for hydroxylation is 1. The molecule has 168 valence electrons. The van der Waals surface area contributed by atoms with Crippen molar-refractivity contribution in [3.63, 3.8) is 0 Å². The summed E-state index contributed by atoms with van der Waals surface area (Å²) in [4.78, 5) is 15.4. The predicted octanol–water partition coefficient (Wildman–Crippen LogP) is 4.72. The molecule has 1 aliphatic heterocycles. The minimum absolute atomic E-state index is 0.0324. The van der Waals surface area contributed by atoms with Gasteiger partial charge in [-0.15, -0.1) is 0 Å². The number of carbonyl (C=O) groups excluding carboxylic acids is 1. The van der Waals surface area contributed by atoms with Gasteiger partial charge in [-0.1, -0.05) is 48.9 Å². The highest BCUT2D eigenvalue weighted by atomic mass is 16.1. The van der Waals surface area contributed by atoms with Crippen molar-refractivity contribution in [2.75, 3.05) is 6.54 Å². The summed E-state index contributed by atoms with van der Waals surface area (Å²) in [5.41, 5.74) is 6.45. The van der Waals surface area contributed by atoms with Gasteiger partial charge in [0, 0.05) is 30.4 Å². The molecule has 0 spiro atoms. The van der Waals surface area contributed by atoms with Crippen LogP contribution in [0.2, 0.25) is 0 Å². The maximum atomic E-state index is 12.8. The molecule has 1 aliphatic rings. The van der Waals surface area contributed by atoms with Crippen LogP contribution in [0.1, 0.15) is 54.3 Å². The van der Waals surface area contributed by atoms with E-state index >= 15 is 0 Å². The molecule has 32 heavy (non-hydrogen) atoms. The molecule has 1 atom stereocenters. The van der Waals surface area contributed by atoms with E-state index in [0.29, 0.717) is 19.0 Å². The fraction of sp³-hybridized carbons (Fsp3) is 0.407. The molecule has 4 rings (SSSR count). The molecular weight excluding hydrogens is 396 g/mol. The van der Waals surface area contributed by atoms with E-state index in [-0.39, 0.29) is 5.91 Å². The van der Waals surface area contributed by atoms with Gasteiger partial charge in [-0.2, -0.15) is 5.10 Å². The average Bonchev–Trinajstić information content (AvgIpc) is 3.09. The van der Waals surface area contributed by atoms with E-state index in [1.165, 1.54) is 30.4 Å². The number of amides is 1. The number of benzene rings is 2. The Balaban J connectivity index is 1.41. The Kier molecular flexibility index (Phi) is 7.05. The second-order valence-electron chi connectivity index (χ2n) is 8.93. The van der Waals surface area contributed by atoms with Gasteiger partial charge in [-0.3, -0.25) is 9.69 Å². The van der Waals surface area contributed by atoms with Crippen molar-refractivity contribution in [1.29, 1.82) is 0 Å². The van der Waals surface area contributed by atoms with Gasteiger partial charge < -0.3 is 5.32 Å². The largest absolute Gasteiger partial charge is 0.352 e. The van der Waals surface area contributed by atoms with Crippen LogP contribution >= 0.6 is 0 Å². The highest BCUT2D eigenvalue weighted by Gasteiger charge is 2.20. The number of piperidine rings is 1. The zero-order chi connectivity index (χ0) is 22.5. The SMILES string of the molecule is Cc1nn(-c2ccccc2)c(C)c1CC(=O)NCc1ccccc1CN1CCCCC1C. The van der Waals surface area contributed by atoms with Gasteiger partial charge in [-0.05, 0) is 63.4 Å². The van der Waals surface area contributed by atoms with Crippen molar-refractivity contribution in [1.82, 2.24) is 20.0 Å². The Morgan fingerprint density at radius 3 is 2.50 bits per heavy atom. The van der Waals surface area contributed by atoms with Gasteiger partial charge >= 0.3 is 0 Å². The standard InChI is InChI=1S/C27H34N4O/c1-20-11-9-10-16-30(20)19-24-13-8-7-12-23(24)18-28-27(32)17-26-21(2)29-31(22(26)3)25-14-5-4-6-15-25/h4-8,12-15,20H,9-11,16-19H2,1-3H3,(H,28,32). The average molecular weight is 431 g/mol. The number of carbonyl (C=O) groups is 1. The van der Waals surface area contributed by atoms with Gasteiger partial charge in [0.2, 0.25) is 5.91 Å². The lowest BCUT2D eigenvalue weighted by Gasteiger charge is -2.33. The minimum Gasteiger partial charge on any atom is -0.352 e. The van der Waals surface area contributed by atoms with Crippen LogP contribution in [-0.2, 0) is 24.3 Å². The molecule has 3 aromatic rings. The summed E-state index contributed by atoms with van der Waals surface area (Å²) in [7, 11) is 0. The smallest absolute Gasteiger partial charge is 0.224 e. The highest BCUT2D eigenvalue weighted by molar-refractivity contribution is 5.79.